The normalized spacial score (nSPS) is 18.1. The second-order valence-corrected chi connectivity index (χ2v) is 8.89. The van der Waals surface area contributed by atoms with E-state index in [2.05, 4.69) is 0 Å². The number of rotatable bonds is 8. The molecule has 32 heavy (non-hydrogen) atoms. The molecule has 6 heteroatoms. The molecule has 1 aliphatic rings. The van der Waals surface area contributed by atoms with E-state index in [-0.39, 0.29) is 11.7 Å². The molecule has 2 aromatic carbocycles. The number of ketones is 1. The van der Waals surface area contributed by atoms with E-state index in [4.69, 9.17) is 4.74 Å². The quantitative estimate of drug-likeness (QED) is 0.387. The van der Waals surface area contributed by atoms with Crippen LogP contribution in [0, 0.1) is 6.92 Å². The maximum Gasteiger partial charge on any atom is 0.295 e. The molecule has 0 aliphatic carbocycles. The van der Waals surface area contributed by atoms with Gasteiger partial charge in [-0.05, 0) is 44.0 Å². The van der Waals surface area contributed by atoms with Crippen molar-refractivity contribution in [2.45, 2.75) is 39.3 Å². The van der Waals surface area contributed by atoms with Gasteiger partial charge < -0.3 is 19.6 Å². The van der Waals surface area contributed by atoms with E-state index in [1.165, 1.54) is 4.90 Å². The van der Waals surface area contributed by atoms with Crippen molar-refractivity contribution < 1.29 is 24.3 Å². The topological polar surface area (TPSA) is 74.1 Å². The SMILES string of the molecule is Cc1ccc(C2C(=C([O-])c3ccc(OC(C)C)cc3)C(=O)C(=O)N2CCC[NH+](C)C)cc1. The average Bonchev–Trinajstić information content (AvgIpc) is 2.99. The van der Waals surface area contributed by atoms with E-state index in [0.717, 1.165) is 24.1 Å². The molecule has 170 valence electrons. The summed E-state index contributed by atoms with van der Waals surface area (Å²) in [4.78, 5) is 28.8. The van der Waals surface area contributed by atoms with Gasteiger partial charge in [-0.15, -0.1) is 0 Å². The molecular weight excluding hydrogens is 404 g/mol. The molecule has 6 nitrogen and oxygen atoms in total. The van der Waals surface area contributed by atoms with Gasteiger partial charge >= 0.3 is 0 Å². The molecule has 0 saturated carbocycles. The lowest BCUT2D eigenvalue weighted by atomic mass is 9.94. The van der Waals surface area contributed by atoms with Crippen molar-refractivity contribution in [3.8, 4) is 5.75 Å². The third-order valence-electron chi connectivity index (χ3n) is 5.49. The van der Waals surface area contributed by atoms with Crippen LogP contribution in [0.5, 0.6) is 5.75 Å². The number of aryl methyl sites for hydroxylation is 1. The molecule has 0 bridgehead atoms. The molecule has 3 rings (SSSR count). The first-order chi connectivity index (χ1) is 15.2. The second-order valence-electron chi connectivity index (χ2n) is 8.89. The molecule has 0 aromatic heterocycles. The van der Waals surface area contributed by atoms with Gasteiger partial charge in [-0.3, -0.25) is 9.59 Å². The number of carbonyl (C=O) groups is 2. The summed E-state index contributed by atoms with van der Waals surface area (Å²) in [5, 5.41) is 13.4. The molecular formula is C26H32N2O4. The van der Waals surface area contributed by atoms with Gasteiger partial charge in [-0.25, -0.2) is 0 Å². The highest BCUT2D eigenvalue weighted by Gasteiger charge is 2.43. The van der Waals surface area contributed by atoms with Crippen molar-refractivity contribution in [1.29, 1.82) is 0 Å². The minimum Gasteiger partial charge on any atom is -0.872 e. The first-order valence-electron chi connectivity index (χ1n) is 11.1. The number of likely N-dealkylation sites (tertiary alicyclic amines) is 1. The highest BCUT2D eigenvalue weighted by molar-refractivity contribution is 6.46. The van der Waals surface area contributed by atoms with Crippen molar-refractivity contribution >= 4 is 17.4 Å². The van der Waals surface area contributed by atoms with Gasteiger partial charge in [0.25, 0.3) is 5.91 Å². The molecule has 1 saturated heterocycles. The summed E-state index contributed by atoms with van der Waals surface area (Å²) < 4.78 is 5.65. The number of ether oxygens (including phenoxy) is 1. The zero-order valence-corrected chi connectivity index (χ0v) is 19.5. The van der Waals surface area contributed by atoms with Gasteiger partial charge in [-0.2, -0.15) is 0 Å². The molecule has 1 heterocycles. The van der Waals surface area contributed by atoms with Crippen molar-refractivity contribution in [3.05, 3.63) is 70.8 Å². The van der Waals surface area contributed by atoms with E-state index in [1.54, 1.807) is 29.2 Å². The van der Waals surface area contributed by atoms with E-state index in [0.29, 0.717) is 17.9 Å². The third kappa shape index (κ3) is 5.19. The van der Waals surface area contributed by atoms with Crippen LogP contribution >= 0.6 is 0 Å². The van der Waals surface area contributed by atoms with Crippen molar-refractivity contribution in [2.24, 2.45) is 0 Å². The van der Waals surface area contributed by atoms with Crippen LogP contribution in [-0.2, 0) is 9.59 Å². The van der Waals surface area contributed by atoms with E-state index in [9.17, 15) is 14.7 Å². The Kier molecular flexibility index (Phi) is 7.36. The summed E-state index contributed by atoms with van der Waals surface area (Å²) in [5.74, 6) is -1.07. The predicted octanol–water partition coefficient (Wildman–Crippen LogP) is 1.54. The maximum absolute atomic E-state index is 13.4. The van der Waals surface area contributed by atoms with Gasteiger partial charge in [-0.1, -0.05) is 47.7 Å². The number of nitrogens with zero attached hydrogens (tertiary/aromatic N) is 1. The lowest BCUT2D eigenvalue weighted by Gasteiger charge is -2.28. The Balaban J connectivity index is 2.03. The first-order valence-corrected chi connectivity index (χ1v) is 11.1. The van der Waals surface area contributed by atoms with Crippen LogP contribution in [0.25, 0.3) is 5.76 Å². The molecule has 1 fully saturated rings. The number of hydrogen-bond acceptors (Lipinski definition) is 4. The molecule has 1 unspecified atom stereocenters. The lowest BCUT2D eigenvalue weighted by molar-refractivity contribution is -0.858. The molecule has 1 N–H and O–H groups in total. The monoisotopic (exact) mass is 436 g/mol. The van der Waals surface area contributed by atoms with E-state index < -0.39 is 23.5 Å². The van der Waals surface area contributed by atoms with Crippen molar-refractivity contribution in [3.63, 3.8) is 0 Å². The minimum atomic E-state index is -0.708. The number of hydrogen-bond donors (Lipinski definition) is 1. The van der Waals surface area contributed by atoms with Crippen LogP contribution in [0.4, 0.5) is 0 Å². The molecule has 1 atom stereocenters. The standard InChI is InChI=1S/C26H32N2O4/c1-17(2)32-21-13-11-20(12-14-21)24(29)22-23(19-9-7-18(3)8-10-19)28(26(31)25(22)30)16-6-15-27(4)5/h7-14,17,23,29H,6,15-16H2,1-5H3. The van der Waals surface area contributed by atoms with Crippen molar-refractivity contribution in [1.82, 2.24) is 4.90 Å². The number of Topliss-reactive ketones (excluding diaryl/α,β-unsaturated/α-hetero) is 1. The smallest absolute Gasteiger partial charge is 0.295 e. The Hall–Kier alpha value is -3.12. The fraction of sp³-hybridized carbons (Fsp3) is 0.385. The number of quaternary nitrogens is 1. The van der Waals surface area contributed by atoms with Gasteiger partial charge in [0.05, 0.1) is 32.8 Å². The molecule has 0 spiro atoms. The highest BCUT2D eigenvalue weighted by atomic mass is 16.5. The van der Waals surface area contributed by atoms with E-state index >= 15 is 0 Å². The number of nitrogens with one attached hydrogen (secondary N) is 1. The zero-order chi connectivity index (χ0) is 23.4. The summed E-state index contributed by atoms with van der Waals surface area (Å²) in [7, 11) is 4.09. The Bertz CT molecular complexity index is 991. The Morgan fingerprint density at radius 1 is 1.06 bits per heavy atom. The average molecular weight is 437 g/mol. The summed E-state index contributed by atoms with van der Waals surface area (Å²) in [6, 6.07) is 13.7. The molecule has 1 aliphatic heterocycles. The number of amides is 1. The van der Waals surface area contributed by atoms with Crippen LogP contribution in [0.1, 0.15) is 43.0 Å². The van der Waals surface area contributed by atoms with E-state index in [1.807, 2.05) is 59.1 Å². The fourth-order valence-electron chi connectivity index (χ4n) is 3.91. The number of benzene rings is 2. The predicted molar refractivity (Wildman–Crippen MR) is 122 cm³/mol. The largest absolute Gasteiger partial charge is 0.872 e. The summed E-state index contributed by atoms with van der Waals surface area (Å²) in [6.07, 6.45) is 0.760. The Morgan fingerprint density at radius 3 is 2.25 bits per heavy atom. The Morgan fingerprint density at radius 2 is 1.69 bits per heavy atom. The highest BCUT2D eigenvalue weighted by Crippen LogP contribution is 2.38. The third-order valence-corrected chi connectivity index (χ3v) is 5.49. The van der Waals surface area contributed by atoms with Crippen LogP contribution < -0.4 is 14.7 Å². The van der Waals surface area contributed by atoms with Gasteiger partial charge in [0.2, 0.25) is 5.78 Å². The first kappa shape index (κ1) is 23.5. The lowest BCUT2D eigenvalue weighted by Crippen LogP contribution is -3.05. The van der Waals surface area contributed by atoms with Crippen molar-refractivity contribution in [2.75, 3.05) is 27.2 Å². The van der Waals surface area contributed by atoms with Gasteiger partial charge in [0, 0.05) is 18.5 Å². The second kappa shape index (κ2) is 10.0. The summed E-state index contributed by atoms with van der Waals surface area (Å²) >= 11 is 0. The van der Waals surface area contributed by atoms with Crippen LogP contribution in [0.2, 0.25) is 0 Å². The van der Waals surface area contributed by atoms with Gasteiger partial charge in [0.1, 0.15) is 5.75 Å². The zero-order valence-electron chi connectivity index (χ0n) is 19.5. The molecule has 1 amide bonds. The van der Waals surface area contributed by atoms with Crippen LogP contribution in [0.15, 0.2) is 54.1 Å². The molecule has 0 radical (unpaired) electrons. The minimum absolute atomic E-state index is 0.0171. The van der Waals surface area contributed by atoms with Crippen LogP contribution in [0.3, 0.4) is 0 Å². The fourth-order valence-corrected chi connectivity index (χ4v) is 3.91. The number of carbonyl (C=O) groups excluding carboxylic acids is 2. The van der Waals surface area contributed by atoms with Gasteiger partial charge in [0.15, 0.2) is 0 Å². The Labute approximate surface area is 190 Å². The summed E-state index contributed by atoms with van der Waals surface area (Å²) in [5.41, 5.74) is 2.23. The maximum atomic E-state index is 13.4. The van der Waals surface area contributed by atoms with Crippen LogP contribution in [-0.4, -0.2) is 49.9 Å². The summed E-state index contributed by atoms with van der Waals surface area (Å²) in [6.45, 7) is 7.11. The molecule has 2 aromatic rings.